The average Bonchev–Trinajstić information content (AvgIpc) is 2.77. The number of carbonyl (C=O) groups is 1. The molecule has 0 spiro atoms. The van der Waals surface area contributed by atoms with Gasteiger partial charge in [0.15, 0.2) is 0 Å². The number of benzene rings is 2. The van der Waals surface area contributed by atoms with E-state index < -0.39 is 11.6 Å². The number of hydrogen-bond acceptors (Lipinski definition) is 4. The van der Waals surface area contributed by atoms with Crippen LogP contribution < -0.4 is 10.2 Å². The molecule has 1 saturated heterocycles. The molecule has 1 aromatic heterocycles. The van der Waals surface area contributed by atoms with E-state index in [4.69, 9.17) is 0 Å². The fourth-order valence-corrected chi connectivity index (χ4v) is 3.49. The van der Waals surface area contributed by atoms with Crippen LogP contribution in [-0.4, -0.2) is 29.0 Å². The smallest absolute Gasteiger partial charge is 0.227 e. The molecule has 4 rings (SSSR count). The molecule has 7 heteroatoms. The van der Waals surface area contributed by atoms with Crippen LogP contribution in [0.25, 0.3) is 11.3 Å². The van der Waals surface area contributed by atoms with E-state index in [0.717, 1.165) is 35.3 Å². The summed E-state index contributed by atoms with van der Waals surface area (Å²) >= 11 is 0. The SMILES string of the molecule is O=C(Nc1cc(F)ccc1F)C1CCN(c2cc(-c3ccccc3)ncn2)CC1. The molecule has 2 aromatic carbocycles. The Morgan fingerprint density at radius 1 is 1.00 bits per heavy atom. The third-order valence-corrected chi connectivity index (χ3v) is 5.10. The molecule has 1 amide bonds. The second-order valence-corrected chi connectivity index (χ2v) is 7.00. The lowest BCUT2D eigenvalue weighted by molar-refractivity contribution is -0.120. The number of aromatic nitrogens is 2. The summed E-state index contributed by atoms with van der Waals surface area (Å²) in [4.78, 5) is 23.3. The highest BCUT2D eigenvalue weighted by atomic mass is 19.1. The fourth-order valence-electron chi connectivity index (χ4n) is 3.49. The molecule has 2 heterocycles. The van der Waals surface area contributed by atoms with E-state index in [1.54, 1.807) is 6.33 Å². The maximum atomic E-state index is 13.8. The van der Waals surface area contributed by atoms with Crippen molar-refractivity contribution < 1.29 is 13.6 Å². The van der Waals surface area contributed by atoms with Crippen LogP contribution in [0.2, 0.25) is 0 Å². The van der Waals surface area contributed by atoms with Crippen LogP contribution in [0, 0.1) is 17.6 Å². The first kappa shape index (κ1) is 19.0. The van der Waals surface area contributed by atoms with Gasteiger partial charge in [0.2, 0.25) is 5.91 Å². The molecular weight excluding hydrogens is 374 g/mol. The van der Waals surface area contributed by atoms with Crippen LogP contribution >= 0.6 is 0 Å². The van der Waals surface area contributed by atoms with Gasteiger partial charge in [-0.3, -0.25) is 4.79 Å². The number of amides is 1. The molecule has 0 atom stereocenters. The molecule has 5 nitrogen and oxygen atoms in total. The summed E-state index contributed by atoms with van der Waals surface area (Å²) in [6.45, 7) is 1.30. The number of carbonyl (C=O) groups excluding carboxylic acids is 1. The first-order valence-corrected chi connectivity index (χ1v) is 9.48. The van der Waals surface area contributed by atoms with Crippen molar-refractivity contribution in [3.63, 3.8) is 0 Å². The second-order valence-electron chi connectivity index (χ2n) is 7.00. The highest BCUT2D eigenvalue weighted by Crippen LogP contribution is 2.26. The van der Waals surface area contributed by atoms with Gasteiger partial charge in [-0.1, -0.05) is 30.3 Å². The Morgan fingerprint density at radius 2 is 1.76 bits per heavy atom. The third-order valence-electron chi connectivity index (χ3n) is 5.10. The van der Waals surface area contributed by atoms with E-state index in [-0.39, 0.29) is 17.5 Å². The van der Waals surface area contributed by atoms with Gasteiger partial charge >= 0.3 is 0 Å². The number of halogens is 2. The monoisotopic (exact) mass is 394 g/mol. The van der Waals surface area contributed by atoms with E-state index in [2.05, 4.69) is 20.2 Å². The van der Waals surface area contributed by atoms with Gasteiger partial charge in [0.05, 0.1) is 11.4 Å². The van der Waals surface area contributed by atoms with E-state index in [0.29, 0.717) is 25.9 Å². The van der Waals surface area contributed by atoms with Crippen molar-refractivity contribution in [3.05, 3.63) is 72.6 Å². The van der Waals surface area contributed by atoms with Crippen LogP contribution in [0.4, 0.5) is 20.3 Å². The average molecular weight is 394 g/mol. The summed E-state index contributed by atoms with van der Waals surface area (Å²) in [6.07, 6.45) is 2.75. The largest absolute Gasteiger partial charge is 0.356 e. The van der Waals surface area contributed by atoms with Crippen LogP contribution in [0.3, 0.4) is 0 Å². The number of hydrogen-bond donors (Lipinski definition) is 1. The van der Waals surface area contributed by atoms with Gasteiger partial charge in [-0.15, -0.1) is 0 Å². The molecule has 1 fully saturated rings. The molecule has 3 aromatic rings. The van der Waals surface area contributed by atoms with E-state index in [1.807, 2.05) is 36.4 Å². The second kappa shape index (κ2) is 8.34. The van der Waals surface area contributed by atoms with Gasteiger partial charge in [-0.2, -0.15) is 0 Å². The molecule has 1 aliphatic heterocycles. The summed E-state index contributed by atoms with van der Waals surface area (Å²) in [6, 6.07) is 14.8. The lowest BCUT2D eigenvalue weighted by atomic mass is 9.95. The topological polar surface area (TPSA) is 58.1 Å². The lowest BCUT2D eigenvalue weighted by Gasteiger charge is -2.32. The zero-order valence-corrected chi connectivity index (χ0v) is 15.7. The molecule has 0 unspecified atom stereocenters. The molecule has 1 N–H and O–H groups in total. The van der Waals surface area contributed by atoms with E-state index in [9.17, 15) is 13.6 Å². The Morgan fingerprint density at radius 3 is 2.52 bits per heavy atom. The molecular formula is C22H20F2N4O. The number of rotatable bonds is 4. The fraction of sp³-hybridized carbons (Fsp3) is 0.227. The van der Waals surface area contributed by atoms with Crippen molar-refractivity contribution in [1.82, 2.24) is 9.97 Å². The minimum absolute atomic E-state index is 0.124. The zero-order chi connectivity index (χ0) is 20.2. The van der Waals surface area contributed by atoms with Gasteiger partial charge < -0.3 is 10.2 Å². The Kier molecular flexibility index (Phi) is 5.46. The van der Waals surface area contributed by atoms with E-state index >= 15 is 0 Å². The molecule has 1 aliphatic rings. The van der Waals surface area contributed by atoms with Crippen molar-refractivity contribution in [2.24, 2.45) is 5.92 Å². The minimum Gasteiger partial charge on any atom is -0.356 e. The van der Waals surface area contributed by atoms with Crippen molar-refractivity contribution in [2.75, 3.05) is 23.3 Å². The van der Waals surface area contributed by atoms with Gasteiger partial charge in [-0.05, 0) is 25.0 Å². The van der Waals surface area contributed by atoms with Crippen molar-refractivity contribution >= 4 is 17.4 Å². The molecule has 0 radical (unpaired) electrons. The van der Waals surface area contributed by atoms with E-state index in [1.165, 1.54) is 0 Å². The Balaban J connectivity index is 1.39. The quantitative estimate of drug-likeness (QED) is 0.718. The van der Waals surface area contributed by atoms with Crippen molar-refractivity contribution in [1.29, 1.82) is 0 Å². The van der Waals surface area contributed by atoms with Crippen LogP contribution in [0.15, 0.2) is 60.9 Å². The van der Waals surface area contributed by atoms with Crippen molar-refractivity contribution in [3.8, 4) is 11.3 Å². The molecule has 0 bridgehead atoms. The minimum atomic E-state index is -0.647. The highest BCUT2D eigenvalue weighted by Gasteiger charge is 2.26. The number of piperidine rings is 1. The summed E-state index contributed by atoms with van der Waals surface area (Å²) in [5.74, 6) is -0.971. The first-order chi connectivity index (χ1) is 14.1. The van der Waals surface area contributed by atoms with Gasteiger partial charge in [0.25, 0.3) is 0 Å². The van der Waals surface area contributed by atoms with Crippen LogP contribution in [0.1, 0.15) is 12.8 Å². The van der Waals surface area contributed by atoms with Crippen LogP contribution in [0.5, 0.6) is 0 Å². The molecule has 29 heavy (non-hydrogen) atoms. The normalized spacial score (nSPS) is 14.6. The first-order valence-electron chi connectivity index (χ1n) is 9.48. The third kappa shape index (κ3) is 4.39. The number of anilines is 2. The lowest BCUT2D eigenvalue weighted by Crippen LogP contribution is -2.38. The van der Waals surface area contributed by atoms with Gasteiger partial charge in [-0.25, -0.2) is 18.7 Å². The molecule has 148 valence electrons. The Hall–Kier alpha value is -3.35. The molecule has 0 aliphatic carbocycles. The standard InChI is InChI=1S/C22H20F2N4O/c23-17-6-7-18(24)20(12-17)27-22(29)16-8-10-28(11-9-16)21-13-19(25-14-26-21)15-4-2-1-3-5-15/h1-7,12-14,16H,8-11H2,(H,27,29). The molecule has 0 saturated carbocycles. The van der Waals surface area contributed by atoms with Gasteiger partial charge in [0, 0.05) is 36.7 Å². The maximum Gasteiger partial charge on any atom is 0.227 e. The summed E-state index contributed by atoms with van der Waals surface area (Å²) < 4.78 is 27.1. The van der Waals surface area contributed by atoms with Crippen LogP contribution in [-0.2, 0) is 4.79 Å². The summed E-state index contributed by atoms with van der Waals surface area (Å²) in [7, 11) is 0. The Bertz CT molecular complexity index is 1000. The number of nitrogens with one attached hydrogen (secondary N) is 1. The predicted octanol–water partition coefficient (Wildman–Crippen LogP) is 4.28. The summed E-state index contributed by atoms with van der Waals surface area (Å²) in [5, 5.41) is 2.51. The maximum absolute atomic E-state index is 13.8. The zero-order valence-electron chi connectivity index (χ0n) is 15.7. The predicted molar refractivity (Wildman–Crippen MR) is 107 cm³/mol. The van der Waals surface area contributed by atoms with Gasteiger partial charge in [0.1, 0.15) is 23.8 Å². The summed E-state index contributed by atoms with van der Waals surface area (Å²) in [5.41, 5.74) is 1.74. The highest BCUT2D eigenvalue weighted by molar-refractivity contribution is 5.92. The van der Waals surface area contributed by atoms with Crippen molar-refractivity contribution in [2.45, 2.75) is 12.8 Å². The Labute approximate surface area is 167 Å². The number of nitrogens with zero attached hydrogens (tertiary/aromatic N) is 3.